The van der Waals surface area contributed by atoms with Crippen LogP contribution in [0, 0.1) is 0 Å². The van der Waals surface area contributed by atoms with Gasteiger partial charge in [0, 0.05) is 6.20 Å². The summed E-state index contributed by atoms with van der Waals surface area (Å²) in [5.41, 5.74) is 5.92. The van der Waals surface area contributed by atoms with Crippen molar-refractivity contribution >= 4 is 11.7 Å². The third-order valence-electron chi connectivity index (χ3n) is 3.09. The van der Waals surface area contributed by atoms with Gasteiger partial charge in [0.15, 0.2) is 0 Å². The van der Waals surface area contributed by atoms with Crippen LogP contribution in [-0.4, -0.2) is 28.1 Å². The Kier molecular flexibility index (Phi) is 3.58. The number of nitrogen functional groups attached to an aromatic ring is 1. The molecule has 1 aromatic rings. The summed E-state index contributed by atoms with van der Waals surface area (Å²) >= 11 is 0. The van der Waals surface area contributed by atoms with Gasteiger partial charge in [-0.15, -0.1) is 0 Å². The second-order valence-corrected chi connectivity index (χ2v) is 4.40. The first-order valence-electron chi connectivity index (χ1n) is 5.87. The van der Waals surface area contributed by atoms with E-state index in [9.17, 15) is 9.90 Å². The van der Waals surface area contributed by atoms with Crippen LogP contribution in [-0.2, 0) is 0 Å². The van der Waals surface area contributed by atoms with Crippen LogP contribution in [0.1, 0.15) is 36.0 Å². The van der Waals surface area contributed by atoms with Crippen molar-refractivity contribution in [1.29, 1.82) is 0 Å². The first-order valence-corrected chi connectivity index (χ1v) is 5.87. The maximum Gasteiger partial charge on any atom is 0.253 e. The molecule has 0 spiro atoms. The lowest BCUT2D eigenvalue weighted by Crippen LogP contribution is -2.45. The lowest BCUT2D eigenvalue weighted by molar-refractivity contribution is 0.0717. The minimum atomic E-state index is -0.436. The van der Waals surface area contributed by atoms with Crippen molar-refractivity contribution in [3.05, 3.63) is 23.9 Å². The van der Waals surface area contributed by atoms with Gasteiger partial charge in [0.25, 0.3) is 5.91 Å². The summed E-state index contributed by atoms with van der Waals surface area (Å²) in [5.74, 6) is 0.183. The van der Waals surface area contributed by atoms with Crippen LogP contribution in [0.25, 0.3) is 0 Å². The van der Waals surface area contributed by atoms with Crippen LogP contribution in [0.2, 0.25) is 0 Å². The average Bonchev–Trinajstić information content (AvgIpc) is 2.33. The standard InChI is InChI=1S/C12H17N3O2/c13-11-6-5-8(7-14-11)12(17)15-9-3-1-2-4-10(9)16/h5-7,9-10,16H,1-4H2,(H2,13,14)(H,15,17). The minimum Gasteiger partial charge on any atom is -0.391 e. The Bertz CT molecular complexity index is 391. The van der Waals surface area contributed by atoms with Crippen molar-refractivity contribution in [2.24, 2.45) is 0 Å². The van der Waals surface area contributed by atoms with Gasteiger partial charge in [-0.2, -0.15) is 0 Å². The zero-order valence-electron chi connectivity index (χ0n) is 9.60. The molecule has 0 aliphatic heterocycles. The largest absolute Gasteiger partial charge is 0.391 e. The van der Waals surface area contributed by atoms with E-state index >= 15 is 0 Å². The SMILES string of the molecule is Nc1ccc(C(=O)NC2CCCCC2O)cn1. The van der Waals surface area contributed by atoms with Gasteiger partial charge in [-0.05, 0) is 25.0 Å². The Hall–Kier alpha value is -1.62. The summed E-state index contributed by atoms with van der Waals surface area (Å²) in [4.78, 5) is 15.7. The van der Waals surface area contributed by atoms with Crippen LogP contribution in [0.5, 0.6) is 0 Å². The third-order valence-corrected chi connectivity index (χ3v) is 3.09. The maximum absolute atomic E-state index is 11.9. The van der Waals surface area contributed by atoms with E-state index in [0.29, 0.717) is 11.4 Å². The Morgan fingerprint density at radius 3 is 2.82 bits per heavy atom. The number of aliphatic hydroxyl groups is 1. The fourth-order valence-electron chi connectivity index (χ4n) is 2.07. The first-order chi connectivity index (χ1) is 8.16. The number of aromatic nitrogens is 1. The summed E-state index contributed by atoms with van der Waals surface area (Å²) in [6.07, 6.45) is 4.66. The smallest absolute Gasteiger partial charge is 0.253 e. The van der Waals surface area contributed by atoms with Crippen LogP contribution in [0.15, 0.2) is 18.3 Å². The van der Waals surface area contributed by atoms with E-state index in [0.717, 1.165) is 25.7 Å². The molecule has 2 rings (SSSR count). The zero-order chi connectivity index (χ0) is 12.3. The molecule has 1 aromatic heterocycles. The molecule has 1 aliphatic carbocycles. The number of carbonyl (C=O) groups excluding carboxylic acids is 1. The molecule has 1 heterocycles. The van der Waals surface area contributed by atoms with Crippen LogP contribution >= 0.6 is 0 Å². The van der Waals surface area contributed by atoms with E-state index in [4.69, 9.17) is 5.73 Å². The normalized spacial score (nSPS) is 24.3. The molecule has 0 saturated heterocycles. The highest BCUT2D eigenvalue weighted by Crippen LogP contribution is 2.18. The number of pyridine rings is 1. The molecule has 17 heavy (non-hydrogen) atoms. The second kappa shape index (κ2) is 5.14. The van der Waals surface area contributed by atoms with Gasteiger partial charge >= 0.3 is 0 Å². The Labute approximate surface area is 100 Å². The van der Waals surface area contributed by atoms with Crippen LogP contribution in [0.4, 0.5) is 5.82 Å². The average molecular weight is 235 g/mol. The maximum atomic E-state index is 11.9. The van der Waals surface area contributed by atoms with E-state index in [1.807, 2.05) is 0 Å². The summed E-state index contributed by atoms with van der Waals surface area (Å²) < 4.78 is 0. The first kappa shape index (κ1) is 11.9. The molecular weight excluding hydrogens is 218 g/mol. The zero-order valence-corrected chi connectivity index (χ0v) is 9.60. The fraction of sp³-hybridized carbons (Fsp3) is 0.500. The fourth-order valence-corrected chi connectivity index (χ4v) is 2.07. The number of rotatable bonds is 2. The summed E-state index contributed by atoms with van der Waals surface area (Å²) in [5, 5.41) is 12.6. The number of hydrogen-bond donors (Lipinski definition) is 3. The van der Waals surface area contributed by atoms with Crippen LogP contribution in [0.3, 0.4) is 0 Å². The highest BCUT2D eigenvalue weighted by molar-refractivity contribution is 5.94. The molecule has 0 aromatic carbocycles. The highest BCUT2D eigenvalue weighted by atomic mass is 16.3. The number of anilines is 1. The van der Waals surface area contributed by atoms with E-state index in [1.165, 1.54) is 6.20 Å². The lowest BCUT2D eigenvalue weighted by atomic mass is 9.92. The number of nitrogens with zero attached hydrogens (tertiary/aromatic N) is 1. The van der Waals surface area contributed by atoms with E-state index in [1.54, 1.807) is 12.1 Å². The van der Waals surface area contributed by atoms with Gasteiger partial charge in [-0.25, -0.2) is 4.98 Å². The second-order valence-electron chi connectivity index (χ2n) is 4.40. The van der Waals surface area contributed by atoms with Crippen molar-refractivity contribution < 1.29 is 9.90 Å². The molecule has 1 amide bonds. The number of amides is 1. The molecule has 92 valence electrons. The number of carbonyl (C=O) groups is 1. The van der Waals surface area contributed by atoms with E-state index in [2.05, 4.69) is 10.3 Å². The number of hydrogen-bond acceptors (Lipinski definition) is 4. The molecule has 5 nitrogen and oxygen atoms in total. The molecule has 1 saturated carbocycles. The van der Waals surface area contributed by atoms with Crippen LogP contribution < -0.4 is 11.1 Å². The Morgan fingerprint density at radius 2 is 2.18 bits per heavy atom. The molecule has 0 bridgehead atoms. The van der Waals surface area contributed by atoms with Gasteiger partial charge in [0.05, 0.1) is 17.7 Å². The topological polar surface area (TPSA) is 88.2 Å². The van der Waals surface area contributed by atoms with Crippen molar-refractivity contribution in [2.45, 2.75) is 37.8 Å². The Balaban J connectivity index is 1.98. The molecule has 2 unspecified atom stereocenters. The lowest BCUT2D eigenvalue weighted by Gasteiger charge is -2.28. The van der Waals surface area contributed by atoms with Gasteiger partial charge in [-0.3, -0.25) is 4.79 Å². The van der Waals surface area contributed by atoms with Gasteiger partial charge in [-0.1, -0.05) is 12.8 Å². The summed E-state index contributed by atoms with van der Waals surface area (Å²) in [6.45, 7) is 0. The monoisotopic (exact) mass is 235 g/mol. The highest BCUT2D eigenvalue weighted by Gasteiger charge is 2.24. The quantitative estimate of drug-likeness (QED) is 0.704. The minimum absolute atomic E-state index is 0.145. The Morgan fingerprint density at radius 1 is 1.41 bits per heavy atom. The summed E-state index contributed by atoms with van der Waals surface area (Å²) in [6, 6.07) is 3.08. The van der Waals surface area contributed by atoms with Crippen molar-refractivity contribution in [2.75, 3.05) is 5.73 Å². The molecule has 0 radical (unpaired) electrons. The molecule has 1 aliphatic rings. The molecular formula is C12H17N3O2. The van der Waals surface area contributed by atoms with E-state index < -0.39 is 6.10 Å². The number of aliphatic hydroxyl groups excluding tert-OH is 1. The van der Waals surface area contributed by atoms with Gasteiger partial charge < -0.3 is 16.2 Å². The van der Waals surface area contributed by atoms with Crippen molar-refractivity contribution in [3.63, 3.8) is 0 Å². The van der Waals surface area contributed by atoms with Gasteiger partial charge in [0.2, 0.25) is 0 Å². The molecule has 4 N–H and O–H groups in total. The molecule has 5 heteroatoms. The van der Waals surface area contributed by atoms with Gasteiger partial charge in [0.1, 0.15) is 5.82 Å². The molecule has 2 atom stereocenters. The number of nitrogens with two attached hydrogens (primary N) is 1. The van der Waals surface area contributed by atoms with E-state index in [-0.39, 0.29) is 11.9 Å². The van der Waals surface area contributed by atoms with Crippen molar-refractivity contribution in [1.82, 2.24) is 10.3 Å². The third kappa shape index (κ3) is 2.94. The van der Waals surface area contributed by atoms with Crippen molar-refractivity contribution in [3.8, 4) is 0 Å². The predicted molar refractivity (Wildman–Crippen MR) is 64.4 cm³/mol. The summed E-state index contributed by atoms with van der Waals surface area (Å²) in [7, 11) is 0. The predicted octanol–water partition coefficient (Wildman–Crippen LogP) is 0.697. The molecule has 1 fully saturated rings. The number of nitrogens with one attached hydrogen (secondary N) is 1.